The van der Waals surface area contributed by atoms with Crippen LogP contribution in [0.15, 0.2) is 97.1 Å². The summed E-state index contributed by atoms with van der Waals surface area (Å²) in [5, 5.41) is 24.3. The zero-order chi connectivity index (χ0) is 103. The fourth-order valence-electron chi connectivity index (χ4n) is 17.8. The van der Waals surface area contributed by atoms with Crippen LogP contribution in [0.2, 0.25) is 0 Å². The number of Topliss-reactive ketones (excluding diaryl/α,β-unsaturated/α-hetero) is 3. The molecule has 10 aromatic rings. The molecular formula is C110H171N21O12. The number of nitrogens with one attached hydrogen (secondary N) is 7. The zero-order valence-corrected chi connectivity index (χ0v) is 88.0. The molecule has 143 heavy (non-hydrogen) atoms. The van der Waals surface area contributed by atoms with Gasteiger partial charge in [-0.3, -0.25) is 33.6 Å². The van der Waals surface area contributed by atoms with E-state index in [1.165, 1.54) is 5.56 Å². The third-order valence-electron chi connectivity index (χ3n) is 26.0. The number of hydrogen-bond acceptors (Lipinski definition) is 26. The lowest BCUT2D eigenvalue weighted by molar-refractivity contribution is -0.123. The Balaban J connectivity index is 0.000000265. The Hall–Kier alpha value is -10.6. The number of unbranched alkanes of at least 4 members (excludes halogenated alkanes) is 12. The number of ketones is 3. The van der Waals surface area contributed by atoms with Crippen LogP contribution in [0.4, 0.5) is 17.5 Å². The largest absolute Gasteiger partial charge is 0.382 e. The summed E-state index contributed by atoms with van der Waals surface area (Å²) in [4.78, 5) is 116. The van der Waals surface area contributed by atoms with Crippen molar-refractivity contribution in [2.24, 2.45) is 0 Å². The summed E-state index contributed by atoms with van der Waals surface area (Å²) in [5.74, 6) is 5.32. The smallest absolute Gasteiger partial charge is 0.224 e. The highest BCUT2D eigenvalue weighted by Gasteiger charge is 2.23. The van der Waals surface area contributed by atoms with E-state index in [1.54, 1.807) is 27.8 Å². The first-order chi connectivity index (χ1) is 69.5. The van der Waals surface area contributed by atoms with E-state index >= 15 is 0 Å². The molecule has 10 rings (SSSR count). The molecule has 788 valence electrons. The van der Waals surface area contributed by atoms with Crippen LogP contribution in [-0.2, 0) is 109 Å². The van der Waals surface area contributed by atoms with Crippen LogP contribution in [0, 0.1) is 0 Å². The monoisotopic (exact) mass is 1980 g/mol. The summed E-state index contributed by atoms with van der Waals surface area (Å²) in [7, 11) is 9.78. The number of para-hydroxylation sites is 3. The van der Waals surface area contributed by atoms with Gasteiger partial charge in [0.05, 0.1) is 124 Å². The number of anilines is 3. The molecular weight excluding hydrogens is 1810 g/mol. The van der Waals surface area contributed by atoms with Crippen molar-refractivity contribution in [1.29, 1.82) is 0 Å². The van der Waals surface area contributed by atoms with Crippen LogP contribution in [-0.4, -0.2) is 260 Å². The number of pyridine rings is 3. The van der Waals surface area contributed by atoms with Crippen molar-refractivity contribution in [3.63, 3.8) is 0 Å². The third-order valence-corrected chi connectivity index (χ3v) is 26.0. The van der Waals surface area contributed by atoms with Gasteiger partial charge in [-0.05, 0) is 233 Å². The number of carbonyl (C=O) groups excluding carboxylic acids is 7. The normalized spacial score (nSPS) is 12.2. The predicted octanol–water partition coefficient (Wildman–Crippen LogP) is 14.8. The molecule has 0 saturated carbocycles. The number of amides is 4. The number of imidazole rings is 3. The standard InChI is InChI=1S/C40H65N7O8.C36H51N7O2.C34H55N7O2/c1-4-5-15-35-46-38-39(32-12-6-7-14-34(32)45-40(38)41)47(35)20-11-10-19-44-37(50)17-22-52-24-26-54-28-30-55-29-27-53-25-23-51-21-16-36(49)43-18-9-8-13-33(42-3)31(2)48;1-5-6-16-32-41-34-35(29-13-7-8-15-31(29)40-36(34)37)43(32)23-12-11-22-42(4)25-28-19-17-27(18-20-28)24-33(45)39-21-10-9-14-30(38-3)26(2)44;1-5-6-20-30-39-32-33(27-17-10-11-19-29(27)38-34(32)35)41(30)25-16-15-24-40(4)23-14-8-7-9-21-31(43)37-22-13-12-18-28(36-3)26(2)42/h6-7,12,14,33,42H,4-5,8-11,13,15-30H2,1-3H3,(H2,41,45)(H,43,49)(H,44,50);7-8,13,15,17-20,30,38H,5-6,9-12,14,16,21-25H2,1-4H3,(H2,37,40)(H,39,45);10-11,17,19,28,36H,5-9,12-16,18,20-25H2,1-4H3,(H2,35,38)(H,37,43). The van der Waals surface area contributed by atoms with Gasteiger partial charge in [0.15, 0.2) is 17.5 Å². The second-order valence-electron chi connectivity index (χ2n) is 37.6. The van der Waals surface area contributed by atoms with Crippen molar-refractivity contribution in [3.8, 4) is 0 Å². The maximum Gasteiger partial charge on any atom is 0.224 e. The van der Waals surface area contributed by atoms with Gasteiger partial charge in [-0.15, -0.1) is 0 Å². The number of carbonyl (C=O) groups is 7. The predicted molar refractivity (Wildman–Crippen MR) is 576 cm³/mol. The number of rotatable bonds is 74. The van der Waals surface area contributed by atoms with Crippen LogP contribution < -0.4 is 54.4 Å². The number of hydrogen-bond donors (Lipinski definition) is 10. The molecule has 33 nitrogen and oxygen atoms in total. The maximum atomic E-state index is 12.4. The number of benzene rings is 4. The Morgan fingerprint density at radius 3 is 0.986 bits per heavy atom. The van der Waals surface area contributed by atoms with Crippen LogP contribution in [0.1, 0.15) is 250 Å². The minimum atomic E-state index is -0.111. The summed E-state index contributed by atoms with van der Waals surface area (Å²) in [6.07, 6.45) is 29.1. The van der Waals surface area contributed by atoms with Gasteiger partial charge in [-0.1, -0.05) is 132 Å². The molecule has 0 saturated heterocycles. The molecule has 3 unspecified atom stereocenters. The van der Waals surface area contributed by atoms with E-state index in [-0.39, 0.29) is 59.1 Å². The van der Waals surface area contributed by atoms with Crippen LogP contribution in [0.25, 0.3) is 65.8 Å². The van der Waals surface area contributed by atoms with Crippen molar-refractivity contribution in [1.82, 2.24) is 90.6 Å². The van der Waals surface area contributed by atoms with Crippen molar-refractivity contribution < 1.29 is 57.2 Å². The Morgan fingerprint density at radius 1 is 0.336 bits per heavy atom. The lowest BCUT2D eigenvalue weighted by Crippen LogP contribution is -2.32. The van der Waals surface area contributed by atoms with Gasteiger partial charge in [0, 0.05) is 107 Å². The Bertz CT molecular complexity index is 5430. The van der Waals surface area contributed by atoms with E-state index in [1.807, 2.05) is 56.6 Å². The number of nitrogens with two attached hydrogens (primary N) is 3. The van der Waals surface area contributed by atoms with Crippen LogP contribution in [0.3, 0.4) is 0 Å². The first kappa shape index (κ1) is 118. The lowest BCUT2D eigenvalue weighted by atomic mass is 10.1. The maximum absolute atomic E-state index is 12.4. The molecule has 33 heteroatoms. The molecule has 0 radical (unpaired) electrons. The quantitative estimate of drug-likeness (QED) is 0.0158. The second-order valence-corrected chi connectivity index (χ2v) is 37.6. The molecule has 0 aliphatic carbocycles. The average molecular weight is 1980 g/mol. The fraction of sp³-hybridized carbons (Fsp3) is 0.609. The molecule has 3 atom stereocenters. The number of likely N-dealkylation sites (N-methyl/N-ethyl adjacent to an activating group) is 3. The van der Waals surface area contributed by atoms with Gasteiger partial charge in [0.2, 0.25) is 23.6 Å². The highest BCUT2D eigenvalue weighted by atomic mass is 16.6. The highest BCUT2D eigenvalue weighted by molar-refractivity contribution is 6.08. The van der Waals surface area contributed by atoms with Gasteiger partial charge in [0.1, 0.15) is 51.4 Å². The Labute approximate surface area is 848 Å². The highest BCUT2D eigenvalue weighted by Crippen LogP contribution is 2.34. The number of aryl methyl sites for hydroxylation is 6. The molecule has 0 bridgehead atoms. The first-order valence-electron chi connectivity index (χ1n) is 53.0. The summed E-state index contributed by atoms with van der Waals surface area (Å²) in [6, 6.07) is 32.6. The van der Waals surface area contributed by atoms with Gasteiger partial charge < -0.3 is 102 Å². The second kappa shape index (κ2) is 67.9. The van der Waals surface area contributed by atoms with Crippen molar-refractivity contribution in [3.05, 3.63) is 126 Å². The molecule has 4 aromatic carbocycles. The van der Waals surface area contributed by atoms with E-state index in [4.69, 9.17) is 55.8 Å². The summed E-state index contributed by atoms with van der Waals surface area (Å²) in [6.45, 7) is 24.7. The summed E-state index contributed by atoms with van der Waals surface area (Å²) < 4.78 is 34.6. The third kappa shape index (κ3) is 41.8. The minimum Gasteiger partial charge on any atom is -0.382 e. The van der Waals surface area contributed by atoms with E-state index in [2.05, 4.69) is 165 Å². The molecule has 0 aliphatic heterocycles. The SMILES string of the molecule is CCCCc1nc2c(N)nc3ccccc3c2n1CCCCN(C)CCCCCCC(=O)NCCCCC(NC)C(C)=O.CCCCc1nc2c(N)nc3ccccc3c2n1CCCCN(C)Cc1ccc(CC(=O)NCCCCC(NC)C(C)=O)cc1.CCCCc1nc2c(N)nc3ccccc3c2n1CCCCNC(=O)CCOCCOCCOCCOCCOCCC(=O)NCCCCC(NC)C(C)=O. The number of nitrogen functional groups attached to an aromatic ring is 3. The zero-order valence-electron chi connectivity index (χ0n) is 88.0. The molecule has 13 N–H and O–H groups in total. The molecule has 6 heterocycles. The topological polar surface area (TPSA) is 427 Å². The van der Waals surface area contributed by atoms with E-state index in [0.717, 1.165) is 314 Å². The molecule has 6 aromatic heterocycles. The fourth-order valence-corrected chi connectivity index (χ4v) is 17.8. The van der Waals surface area contributed by atoms with Gasteiger partial charge >= 0.3 is 0 Å². The Kier molecular flexibility index (Phi) is 55.9. The van der Waals surface area contributed by atoms with E-state index in [0.29, 0.717) is 135 Å². The van der Waals surface area contributed by atoms with E-state index in [9.17, 15) is 33.6 Å². The average Bonchev–Trinajstić information content (AvgIpc) is 1.62. The lowest BCUT2D eigenvalue weighted by Gasteiger charge is -2.17. The summed E-state index contributed by atoms with van der Waals surface area (Å²) in [5.41, 5.74) is 29.7. The summed E-state index contributed by atoms with van der Waals surface area (Å²) >= 11 is 0. The molecule has 0 fully saturated rings. The van der Waals surface area contributed by atoms with Crippen LogP contribution >= 0.6 is 0 Å². The molecule has 0 spiro atoms. The first-order valence-corrected chi connectivity index (χ1v) is 53.0. The number of ether oxygens (including phenoxy) is 5. The number of fused-ring (bicyclic) bond motifs is 9. The minimum absolute atomic E-state index is 0.0267. The van der Waals surface area contributed by atoms with Gasteiger partial charge in [0.25, 0.3) is 0 Å². The van der Waals surface area contributed by atoms with Crippen LogP contribution in [0.5, 0.6) is 0 Å². The van der Waals surface area contributed by atoms with Crippen molar-refractivity contribution in [2.75, 3.05) is 164 Å². The number of nitrogens with zero attached hydrogens (tertiary/aromatic N) is 11. The van der Waals surface area contributed by atoms with Crippen molar-refractivity contribution >= 4 is 124 Å². The Morgan fingerprint density at radius 2 is 0.636 bits per heavy atom. The molecule has 4 amide bonds. The van der Waals surface area contributed by atoms with Crippen molar-refractivity contribution in [2.45, 2.75) is 291 Å². The molecule has 0 aliphatic rings. The number of aromatic nitrogens is 9. The van der Waals surface area contributed by atoms with Gasteiger partial charge in [-0.2, -0.15) is 0 Å². The van der Waals surface area contributed by atoms with Gasteiger partial charge in [-0.25, -0.2) is 29.9 Å². The van der Waals surface area contributed by atoms with E-state index < -0.39 is 0 Å².